The molecule has 0 radical (unpaired) electrons. The summed E-state index contributed by atoms with van der Waals surface area (Å²) in [6, 6.07) is 21.2. The molecule has 180 valence electrons. The van der Waals surface area contributed by atoms with Crippen molar-refractivity contribution < 1.29 is 26.4 Å². The molecule has 0 bridgehead atoms. The van der Waals surface area contributed by atoms with Crippen molar-refractivity contribution in [3.63, 3.8) is 0 Å². The zero-order chi connectivity index (χ0) is 24.9. The number of carbonyl (C=O) groups is 1. The lowest BCUT2D eigenvalue weighted by atomic mass is 10.3. The third kappa shape index (κ3) is 6.34. The van der Waals surface area contributed by atoms with E-state index in [4.69, 9.17) is 4.74 Å². The van der Waals surface area contributed by atoms with E-state index in [0.29, 0.717) is 17.2 Å². The summed E-state index contributed by atoms with van der Waals surface area (Å²) in [7, 11) is -4.69. The van der Waals surface area contributed by atoms with E-state index in [9.17, 15) is 21.6 Å². The maximum Gasteiger partial charge on any atom is 0.245 e. The van der Waals surface area contributed by atoms with E-state index >= 15 is 0 Å². The van der Waals surface area contributed by atoms with Gasteiger partial charge in [0.05, 0.1) is 16.8 Å². The summed E-state index contributed by atoms with van der Waals surface area (Å²) in [6.45, 7) is -0.485. The van der Waals surface area contributed by atoms with Gasteiger partial charge in [0.25, 0.3) is 0 Å². The van der Waals surface area contributed by atoms with Crippen molar-refractivity contribution >= 4 is 37.3 Å². The molecule has 3 rings (SSSR count). The lowest BCUT2D eigenvalue weighted by Gasteiger charge is -2.22. The standard InChI is InChI=1S/C23H25N3O6S2/c1-25(2)34(30,31)22-15-11-19(12-16-22)26(33(3,28)29)17-23(27)24-18-9-13-21(14-10-18)32-20-7-5-4-6-8-20/h4-16H,17H2,1-3H3,(H,24,27). The van der Waals surface area contributed by atoms with E-state index in [2.05, 4.69) is 5.32 Å². The highest BCUT2D eigenvalue weighted by Crippen LogP contribution is 2.24. The van der Waals surface area contributed by atoms with Crippen molar-refractivity contribution in [2.45, 2.75) is 4.90 Å². The van der Waals surface area contributed by atoms with Crippen molar-refractivity contribution in [2.75, 3.05) is 36.5 Å². The molecule has 34 heavy (non-hydrogen) atoms. The Morgan fingerprint density at radius 1 is 0.824 bits per heavy atom. The number of nitrogens with zero attached hydrogens (tertiary/aromatic N) is 2. The molecule has 0 heterocycles. The largest absolute Gasteiger partial charge is 0.457 e. The zero-order valence-electron chi connectivity index (χ0n) is 18.9. The SMILES string of the molecule is CN(C)S(=O)(=O)c1ccc(N(CC(=O)Nc2ccc(Oc3ccccc3)cc2)S(C)(=O)=O)cc1. The molecule has 0 spiro atoms. The van der Waals surface area contributed by atoms with Gasteiger partial charge in [0.1, 0.15) is 18.0 Å². The van der Waals surface area contributed by atoms with Gasteiger partial charge in [0.15, 0.2) is 0 Å². The van der Waals surface area contributed by atoms with Gasteiger partial charge in [0, 0.05) is 19.8 Å². The monoisotopic (exact) mass is 503 g/mol. The van der Waals surface area contributed by atoms with Gasteiger partial charge < -0.3 is 10.1 Å². The zero-order valence-corrected chi connectivity index (χ0v) is 20.5. The average molecular weight is 504 g/mol. The average Bonchev–Trinajstić information content (AvgIpc) is 2.79. The second-order valence-corrected chi connectivity index (χ2v) is 11.6. The molecule has 0 aliphatic heterocycles. The van der Waals surface area contributed by atoms with Crippen molar-refractivity contribution in [1.82, 2.24) is 4.31 Å². The molecule has 9 nitrogen and oxygen atoms in total. The number of benzene rings is 3. The van der Waals surface area contributed by atoms with Crippen LogP contribution >= 0.6 is 0 Å². The smallest absolute Gasteiger partial charge is 0.245 e. The highest BCUT2D eigenvalue weighted by Gasteiger charge is 2.23. The summed E-state index contributed by atoms with van der Waals surface area (Å²) >= 11 is 0. The van der Waals surface area contributed by atoms with E-state index in [1.165, 1.54) is 38.4 Å². The van der Waals surface area contributed by atoms with Crippen molar-refractivity contribution in [3.8, 4) is 11.5 Å². The van der Waals surface area contributed by atoms with E-state index in [1.807, 2.05) is 30.3 Å². The highest BCUT2D eigenvalue weighted by atomic mass is 32.2. The molecule has 0 aromatic heterocycles. The van der Waals surface area contributed by atoms with Crippen LogP contribution in [-0.4, -0.2) is 53.9 Å². The summed E-state index contributed by atoms with van der Waals surface area (Å²) in [5.74, 6) is 0.689. The molecule has 0 aliphatic rings. The Morgan fingerprint density at radius 3 is 1.91 bits per heavy atom. The second-order valence-electron chi connectivity index (χ2n) is 7.54. The Morgan fingerprint density at radius 2 is 1.38 bits per heavy atom. The summed E-state index contributed by atoms with van der Waals surface area (Å²) in [6.07, 6.45) is 0.973. The predicted octanol–water partition coefficient (Wildman–Crippen LogP) is 3.13. The predicted molar refractivity (Wildman–Crippen MR) is 131 cm³/mol. The first-order chi connectivity index (χ1) is 16.0. The Bertz CT molecular complexity index is 1340. The minimum Gasteiger partial charge on any atom is -0.457 e. The number of anilines is 2. The first-order valence-corrected chi connectivity index (χ1v) is 13.4. The number of sulfonamides is 2. The second kappa shape index (κ2) is 10.2. The Balaban J connectivity index is 1.70. The van der Waals surface area contributed by atoms with Crippen LogP contribution < -0.4 is 14.4 Å². The molecule has 0 unspecified atom stereocenters. The van der Waals surface area contributed by atoms with Gasteiger partial charge in [-0.3, -0.25) is 9.10 Å². The number of nitrogens with one attached hydrogen (secondary N) is 1. The number of ether oxygens (including phenoxy) is 1. The molecule has 11 heteroatoms. The van der Waals surface area contributed by atoms with Gasteiger partial charge in [-0.15, -0.1) is 0 Å². The van der Waals surface area contributed by atoms with E-state index in [1.54, 1.807) is 24.3 Å². The van der Waals surface area contributed by atoms with Crippen LogP contribution in [0.4, 0.5) is 11.4 Å². The molecular weight excluding hydrogens is 478 g/mol. The van der Waals surface area contributed by atoms with Crippen LogP contribution in [0.1, 0.15) is 0 Å². The molecule has 0 saturated carbocycles. The molecule has 3 aromatic carbocycles. The molecular formula is C23H25N3O6S2. The molecule has 0 fully saturated rings. The normalized spacial score (nSPS) is 11.8. The van der Waals surface area contributed by atoms with Gasteiger partial charge >= 0.3 is 0 Å². The number of hydrogen-bond donors (Lipinski definition) is 1. The summed E-state index contributed by atoms with van der Waals surface area (Å²) in [4.78, 5) is 12.6. The Kier molecular flexibility index (Phi) is 7.60. The quantitative estimate of drug-likeness (QED) is 0.480. The molecule has 0 saturated heterocycles. The maximum atomic E-state index is 12.6. The van der Waals surface area contributed by atoms with Crippen molar-refractivity contribution in [3.05, 3.63) is 78.9 Å². The molecule has 0 aliphatic carbocycles. The highest BCUT2D eigenvalue weighted by molar-refractivity contribution is 7.92. The number of hydrogen-bond acceptors (Lipinski definition) is 6. The maximum absolute atomic E-state index is 12.6. The lowest BCUT2D eigenvalue weighted by Crippen LogP contribution is -2.37. The Hall–Kier alpha value is -3.41. The van der Waals surface area contributed by atoms with E-state index in [-0.39, 0.29) is 10.6 Å². The van der Waals surface area contributed by atoms with Crippen LogP contribution in [-0.2, 0) is 24.8 Å². The van der Waals surface area contributed by atoms with Crippen LogP contribution in [0.15, 0.2) is 83.8 Å². The Labute approximate surface area is 199 Å². The molecule has 1 N–H and O–H groups in total. The molecule has 3 aromatic rings. The van der Waals surface area contributed by atoms with Crippen LogP contribution in [0.3, 0.4) is 0 Å². The summed E-state index contributed by atoms with van der Waals surface area (Å²) in [5, 5.41) is 2.65. The van der Waals surface area contributed by atoms with Crippen LogP contribution in [0.5, 0.6) is 11.5 Å². The van der Waals surface area contributed by atoms with Gasteiger partial charge in [-0.1, -0.05) is 18.2 Å². The van der Waals surface area contributed by atoms with E-state index in [0.717, 1.165) is 14.9 Å². The molecule has 0 atom stereocenters. The first-order valence-electron chi connectivity index (χ1n) is 10.1. The fraction of sp³-hybridized carbons (Fsp3) is 0.174. The number of rotatable bonds is 9. The van der Waals surface area contributed by atoms with Crippen LogP contribution in [0.25, 0.3) is 0 Å². The van der Waals surface area contributed by atoms with Gasteiger partial charge in [-0.2, -0.15) is 0 Å². The number of carbonyl (C=O) groups excluding carboxylic acids is 1. The van der Waals surface area contributed by atoms with Crippen molar-refractivity contribution in [2.24, 2.45) is 0 Å². The number of amides is 1. The van der Waals surface area contributed by atoms with Gasteiger partial charge in [-0.05, 0) is 60.7 Å². The van der Waals surface area contributed by atoms with E-state index < -0.39 is 32.5 Å². The first kappa shape index (κ1) is 25.2. The third-order valence-corrected chi connectivity index (χ3v) is 7.68. The topological polar surface area (TPSA) is 113 Å². The van der Waals surface area contributed by atoms with Gasteiger partial charge in [-0.25, -0.2) is 21.1 Å². The lowest BCUT2D eigenvalue weighted by molar-refractivity contribution is -0.114. The fourth-order valence-electron chi connectivity index (χ4n) is 2.96. The van der Waals surface area contributed by atoms with Crippen molar-refractivity contribution in [1.29, 1.82) is 0 Å². The minimum atomic E-state index is -3.82. The fourth-order valence-corrected chi connectivity index (χ4v) is 4.72. The van der Waals surface area contributed by atoms with Gasteiger partial charge in [0.2, 0.25) is 26.0 Å². The third-order valence-electron chi connectivity index (χ3n) is 4.71. The van der Waals surface area contributed by atoms with Crippen LogP contribution in [0, 0.1) is 0 Å². The summed E-state index contributed by atoms with van der Waals surface area (Å²) < 4.78 is 56.8. The van der Waals surface area contributed by atoms with Crippen LogP contribution in [0.2, 0.25) is 0 Å². The minimum absolute atomic E-state index is 0.0111. The summed E-state index contributed by atoms with van der Waals surface area (Å²) in [5.41, 5.74) is 0.633. The number of para-hydroxylation sites is 1. The molecule has 1 amide bonds.